The molecule has 0 aliphatic carbocycles. The third-order valence-electron chi connectivity index (χ3n) is 23.6. The van der Waals surface area contributed by atoms with Crippen molar-refractivity contribution >= 4 is 146 Å². The van der Waals surface area contributed by atoms with E-state index in [0.717, 1.165) is 11.1 Å². The Hall–Kier alpha value is -12.2. The number of rotatable bonds is 60. The molecule has 148 heavy (non-hydrogen) atoms. The van der Waals surface area contributed by atoms with Crippen molar-refractivity contribution in [2.24, 2.45) is 70.1 Å². The Kier molecular flexibility index (Phi) is 63.6. The van der Waals surface area contributed by atoms with Gasteiger partial charge in [0, 0.05) is 76.6 Å². The number of fused-ring (bicyclic) bond motifs is 2. The lowest BCUT2D eigenvalue weighted by molar-refractivity contribution is -0.136. The van der Waals surface area contributed by atoms with Crippen LogP contribution in [-0.4, -0.2) is 277 Å². The average molecular weight is 2130 g/mol. The number of hydrogen-bond acceptors (Lipinski definition) is 22. The number of nitrogens with one attached hydrogen (secondary N) is 26. The van der Waals surface area contributed by atoms with E-state index in [0.29, 0.717) is 48.7 Å². The van der Waals surface area contributed by atoms with E-state index in [4.69, 9.17) is 60.9 Å². The van der Waals surface area contributed by atoms with Gasteiger partial charge < -0.3 is 135 Å². The average Bonchev–Trinajstić information content (AvgIpc) is 0.859. The highest BCUT2D eigenvalue weighted by Crippen LogP contribution is 2.22. The fourth-order valence-electron chi connectivity index (χ4n) is 16.4. The van der Waals surface area contributed by atoms with Crippen molar-refractivity contribution in [1.82, 2.24) is 112 Å². The molecule has 0 aromatic heterocycles. The molecule has 50 heteroatoms. The van der Waals surface area contributed by atoms with Crippen molar-refractivity contribution in [3.8, 4) is 0 Å². The summed E-state index contributed by atoms with van der Waals surface area (Å²) in [4.78, 5) is 233. The summed E-state index contributed by atoms with van der Waals surface area (Å²) in [5.41, 5.74) is 31.5. The number of carbonyl (C=O) groups is 16. The number of hydroxylamine groups is 1. The molecule has 2 bridgehead atoms. The molecule has 1 heterocycles. The minimum Gasteiger partial charge on any atom is -0.370 e. The molecule has 0 saturated heterocycles. The number of nitrogens with two attached hydrogens (primary N) is 5. The molecular weight excluding hydrogens is 1950 g/mol. The molecule has 838 valence electrons. The summed E-state index contributed by atoms with van der Waals surface area (Å²) in [6, 6.07) is -11.0. The summed E-state index contributed by atoms with van der Waals surface area (Å²) in [6.07, 6.45) is 6.20. The molecule has 16 atom stereocenters. The summed E-state index contributed by atoms with van der Waals surface area (Å²) >= 11 is 0. The lowest BCUT2D eigenvalue weighted by Gasteiger charge is -2.30. The molecule has 0 saturated carbocycles. The topological polar surface area (TPSA) is 795 Å². The Morgan fingerprint density at radius 2 is 0.676 bits per heavy atom. The van der Waals surface area contributed by atoms with Crippen LogP contribution in [0.15, 0.2) is 24.3 Å². The van der Waals surface area contributed by atoms with Crippen LogP contribution in [0.4, 0.5) is 0 Å². The van der Waals surface area contributed by atoms with Crippen molar-refractivity contribution in [1.29, 1.82) is 27.0 Å². The van der Waals surface area contributed by atoms with Gasteiger partial charge in [-0.05, 0) is 191 Å². The van der Waals surface area contributed by atoms with Gasteiger partial charge in [-0.3, -0.25) is 109 Å². The van der Waals surface area contributed by atoms with E-state index in [1.54, 1.807) is 33.2 Å². The maximum absolute atomic E-state index is 15.6. The second kappa shape index (κ2) is 71.4. The van der Waals surface area contributed by atoms with Crippen LogP contribution >= 0.6 is 0 Å². The van der Waals surface area contributed by atoms with Crippen molar-refractivity contribution in [3.63, 3.8) is 0 Å². The van der Waals surface area contributed by atoms with Crippen LogP contribution in [0.5, 0.6) is 0 Å². The van der Waals surface area contributed by atoms with Gasteiger partial charge in [-0.15, -0.1) is 0 Å². The molecule has 1 aliphatic rings. The van der Waals surface area contributed by atoms with Crippen molar-refractivity contribution in [2.75, 3.05) is 63.3 Å². The maximum Gasteiger partial charge on any atom is 0.243 e. The van der Waals surface area contributed by atoms with Gasteiger partial charge in [-0.25, -0.2) is 5.48 Å². The predicted molar refractivity (Wildman–Crippen MR) is 575 cm³/mol. The molecular formula is C98H179N31O17S2+2. The largest absolute Gasteiger partial charge is 0.370 e. The van der Waals surface area contributed by atoms with E-state index in [2.05, 4.69) is 106 Å². The first kappa shape index (κ1) is 132. The Balaban J connectivity index is 2.94. The molecule has 1 aromatic carbocycles. The zero-order valence-corrected chi connectivity index (χ0v) is 91.6. The fraction of sp³-hybridized carbons (Fsp3) is 0.724. The van der Waals surface area contributed by atoms with Crippen LogP contribution in [-0.2, 0) is 110 Å². The van der Waals surface area contributed by atoms with Crippen molar-refractivity contribution in [3.05, 3.63) is 35.4 Å². The number of guanidine groups is 5. The Bertz CT molecular complexity index is 4460. The van der Waals surface area contributed by atoms with Gasteiger partial charge in [-0.2, -0.15) is 0 Å². The van der Waals surface area contributed by atoms with Crippen LogP contribution in [0, 0.1) is 68.5 Å². The highest BCUT2D eigenvalue weighted by Gasteiger charge is 2.41. The molecule has 0 spiro atoms. The normalized spacial score (nSPS) is 18.4. The highest BCUT2D eigenvalue weighted by atomic mass is 32.2. The highest BCUT2D eigenvalue weighted by molar-refractivity contribution is 7.95. The third-order valence-corrected chi connectivity index (χ3v) is 27.1. The minimum absolute atomic E-state index is 0.00789. The molecule has 37 N–H and O–H groups in total. The van der Waals surface area contributed by atoms with Gasteiger partial charge in [0.15, 0.2) is 29.8 Å². The second-order valence-electron chi connectivity index (χ2n) is 41.2. The van der Waals surface area contributed by atoms with Gasteiger partial charge in [0.05, 0.1) is 12.5 Å². The molecule has 48 nitrogen and oxygen atoms in total. The Morgan fingerprint density at radius 3 is 1.04 bits per heavy atom. The first-order valence-electron chi connectivity index (χ1n) is 51.6. The SMILES string of the molecule is CC(=O)N[C@@H](CCCNC(=N)N)C(=O)N[C@@H](CC(C)C)C(=O)N[C@@H](CC(C)C)C(=O)N[C@@H](CCCNC(=N)N)C(=O)N[C@@H](CC(C)C)C(=O)N[C@H]1CC[S+](C)Cc2cccc(c2)C[S+](C)CC[C@@H](C(=O)N[C@@H](CC(C)C)C(=O)N[C@@H](CC(C)C)C(=O)N[C@@H](CCCNC(=N)N)C(=O)N[C@@H](CC(C)C)C(=O)NCCCCCC(=O)NO)NC(=O)[C@H](CCCNC(=N)N)NC(=O)[C@H](CC(C)C)NC(=O)[C@H](CCCNC(=N)N)NC1=O. The van der Waals surface area contributed by atoms with E-state index in [-0.39, 0.29) is 221 Å². The summed E-state index contributed by atoms with van der Waals surface area (Å²) in [7, 11) is -1.14. The van der Waals surface area contributed by atoms with Crippen LogP contribution in [0.1, 0.15) is 263 Å². The van der Waals surface area contributed by atoms with Crippen molar-refractivity contribution < 1.29 is 81.9 Å². The van der Waals surface area contributed by atoms with E-state index < -0.39 is 213 Å². The van der Waals surface area contributed by atoms with E-state index >= 15 is 38.4 Å². The number of hydrogen-bond donors (Lipinski definition) is 32. The first-order valence-corrected chi connectivity index (χ1v) is 55.6. The first-order chi connectivity index (χ1) is 69.6. The van der Waals surface area contributed by atoms with Gasteiger partial charge in [-0.1, -0.05) is 122 Å². The summed E-state index contributed by atoms with van der Waals surface area (Å²) in [6.45, 7) is 27.3. The monoisotopic (exact) mass is 2130 g/mol. The molecule has 1 aromatic rings. The number of unbranched alkanes of at least 4 members (excludes halogenated alkanes) is 2. The third kappa shape index (κ3) is 57.9. The Morgan fingerprint density at radius 1 is 0.365 bits per heavy atom. The zero-order chi connectivity index (χ0) is 112. The van der Waals surface area contributed by atoms with E-state index in [1.165, 1.54) is 6.92 Å². The second-order valence-corrected chi connectivity index (χ2v) is 45.7. The Labute approximate surface area is 878 Å². The number of benzene rings is 1. The lowest BCUT2D eigenvalue weighted by atomic mass is 9.99. The summed E-state index contributed by atoms with van der Waals surface area (Å²) in [5.74, 6) is -14.0. The quantitative estimate of drug-likeness (QED) is 0.00891. The van der Waals surface area contributed by atoms with Crippen molar-refractivity contribution in [2.45, 2.75) is 348 Å². The van der Waals surface area contributed by atoms with Gasteiger partial charge >= 0.3 is 0 Å². The fourth-order valence-corrected chi connectivity index (χ4v) is 19.4. The van der Waals surface area contributed by atoms with E-state index in [9.17, 15) is 38.4 Å². The predicted octanol–water partition coefficient (Wildman–Crippen LogP) is -1.40. The van der Waals surface area contributed by atoms with E-state index in [1.807, 2.05) is 106 Å². The molecule has 2 unspecified atom stereocenters. The molecule has 1 aliphatic heterocycles. The van der Waals surface area contributed by atoms with Gasteiger partial charge in [0.1, 0.15) is 108 Å². The van der Waals surface area contributed by atoms with Crippen LogP contribution in [0.25, 0.3) is 0 Å². The zero-order valence-electron chi connectivity index (χ0n) is 90.0. The lowest BCUT2D eigenvalue weighted by Crippen LogP contribution is -2.61. The van der Waals surface area contributed by atoms with Crippen LogP contribution in [0.3, 0.4) is 0 Å². The van der Waals surface area contributed by atoms with Crippen LogP contribution in [0.2, 0.25) is 0 Å². The minimum atomic E-state index is -1.50. The van der Waals surface area contributed by atoms with Crippen LogP contribution < -0.4 is 140 Å². The standard InChI is InChI=1S/C98H177N31O17S2/c1-55(2)45-72(80(132)109-37-20-18-19-34-79(131)129-146)122-83(135)68(32-25-41-113-97(105)106)118-89(141)75(48-58(7)8)128-93(145)78(51-61(13)14)126-87(139)71-36-44-148(17)54-64-28-21-27-63(52-64)53-147(16)43-35-70(86(138)116-67(31-24-40-112-96(103)104)84(136)124-73(46-56(3)4)88(140)117-66(82(134)120-71)30-23-39-111-95(101)102)121-91(143)74(47-57(5)6)125-85(137)69(33-26-42-114-98(107)108)119-90(142)76(49-59(9)10)127-92(144)77(50-60(11)12)123-81(133)65(115-62(15)130)29-22-38-110-94(99)100/h21,27-28,52,55-61,65-78H,18-20,22-26,29-51,53-54H2,1-17H3,(H35-2,99,100,101,102,103,104,105,106,107,108,109,110,111,112,113,114,115,116,117,118,119,120,121,122,123,124,125,126,127,128,129,130,131,132,133,134,135,136,137,138,139,140,141,142,143,144,145,146)/p+2/t65-,66-,67-,68-,69-,70-,71-,72-,73-,74-,75-,76-,77-,78-,147?,148?/m0/s1. The maximum atomic E-state index is 15.6. The molecule has 0 fully saturated rings. The summed E-state index contributed by atoms with van der Waals surface area (Å²) < 4.78 is 0. The van der Waals surface area contributed by atoms with Gasteiger partial charge in [0.2, 0.25) is 94.5 Å². The molecule has 16 amide bonds. The smallest absolute Gasteiger partial charge is 0.243 e. The molecule has 2 rings (SSSR count). The van der Waals surface area contributed by atoms with Gasteiger partial charge in [0.25, 0.3) is 0 Å². The molecule has 0 radical (unpaired) electrons. The number of carbonyl (C=O) groups excluding carboxylic acids is 16. The summed E-state index contributed by atoms with van der Waals surface area (Å²) in [5, 5.41) is 104. The number of amides is 16.